The lowest BCUT2D eigenvalue weighted by Crippen LogP contribution is -2.14. The summed E-state index contributed by atoms with van der Waals surface area (Å²) in [6.45, 7) is 0. The number of rotatable bonds is 3. The van der Waals surface area contributed by atoms with Crippen molar-refractivity contribution in [2.75, 3.05) is 11.9 Å². The van der Waals surface area contributed by atoms with E-state index in [9.17, 15) is 0 Å². The number of para-hydroxylation sites is 1. The van der Waals surface area contributed by atoms with Gasteiger partial charge in [-0.25, -0.2) is 9.97 Å². The molecule has 0 atom stereocenters. The smallest absolute Gasteiger partial charge is 0.144 e. The van der Waals surface area contributed by atoms with Gasteiger partial charge in [0.15, 0.2) is 0 Å². The van der Waals surface area contributed by atoms with E-state index in [1.54, 1.807) is 6.33 Å². The molecule has 3 rings (SSSR count). The number of anilines is 2. The molecule has 0 amide bonds. The van der Waals surface area contributed by atoms with E-state index in [0.717, 1.165) is 22.4 Å². The number of nitrogens with two attached hydrogens (primary N) is 1. The molecule has 1 aromatic heterocycles. The molecule has 0 aliphatic rings. The second kappa shape index (κ2) is 5.20. The van der Waals surface area contributed by atoms with Crippen LogP contribution in [-0.2, 0) is 0 Å². The summed E-state index contributed by atoms with van der Waals surface area (Å²) in [5, 5.41) is 8.43. The Bertz CT molecular complexity index is 790. The van der Waals surface area contributed by atoms with Gasteiger partial charge in [-0.3, -0.25) is 5.41 Å². The highest BCUT2D eigenvalue weighted by Gasteiger charge is 2.10. The van der Waals surface area contributed by atoms with Crippen LogP contribution in [0.15, 0.2) is 54.9 Å². The Morgan fingerprint density at radius 2 is 1.76 bits per heavy atom. The topological polar surface area (TPSA) is 78.9 Å². The van der Waals surface area contributed by atoms with Gasteiger partial charge in [0.1, 0.15) is 18.0 Å². The summed E-state index contributed by atoms with van der Waals surface area (Å²) >= 11 is 0. The Balaban J connectivity index is 2.04. The maximum atomic E-state index is 7.43. The molecule has 0 bridgehead atoms. The van der Waals surface area contributed by atoms with Gasteiger partial charge in [0.25, 0.3) is 0 Å². The number of hydrogen-bond acceptors (Lipinski definition) is 4. The lowest BCUT2D eigenvalue weighted by Gasteiger charge is -2.20. The van der Waals surface area contributed by atoms with Gasteiger partial charge >= 0.3 is 0 Å². The van der Waals surface area contributed by atoms with E-state index in [1.165, 1.54) is 0 Å². The molecule has 5 heteroatoms. The zero-order valence-corrected chi connectivity index (χ0v) is 11.6. The Morgan fingerprint density at radius 3 is 2.48 bits per heavy atom. The summed E-state index contributed by atoms with van der Waals surface area (Å²) in [4.78, 5) is 10.7. The minimum absolute atomic E-state index is 0.0664. The zero-order chi connectivity index (χ0) is 14.8. The Kier molecular flexibility index (Phi) is 3.23. The highest BCUT2D eigenvalue weighted by molar-refractivity contribution is 5.95. The number of nitrogen functional groups attached to an aromatic ring is 1. The SMILES string of the molecule is CN(c1ccc(C(=N)N)cc1)c1ncnc2ccccc12. The third-order valence-corrected chi connectivity index (χ3v) is 3.41. The van der Waals surface area contributed by atoms with Crippen LogP contribution in [0.25, 0.3) is 10.9 Å². The van der Waals surface area contributed by atoms with Crippen molar-refractivity contribution in [2.24, 2.45) is 5.73 Å². The molecular formula is C16H15N5. The predicted octanol–water partition coefficient (Wildman–Crippen LogP) is 2.68. The normalized spacial score (nSPS) is 10.5. The molecule has 3 aromatic rings. The summed E-state index contributed by atoms with van der Waals surface area (Å²) in [6, 6.07) is 15.4. The van der Waals surface area contributed by atoms with Crippen LogP contribution in [0.4, 0.5) is 11.5 Å². The van der Waals surface area contributed by atoms with Crippen LogP contribution in [0.3, 0.4) is 0 Å². The number of nitrogens with zero attached hydrogens (tertiary/aromatic N) is 3. The quantitative estimate of drug-likeness (QED) is 0.570. The van der Waals surface area contributed by atoms with E-state index < -0.39 is 0 Å². The third-order valence-electron chi connectivity index (χ3n) is 3.41. The van der Waals surface area contributed by atoms with Crippen LogP contribution >= 0.6 is 0 Å². The lowest BCUT2D eigenvalue weighted by molar-refractivity contribution is 1.11. The van der Waals surface area contributed by atoms with Gasteiger partial charge in [0.2, 0.25) is 0 Å². The van der Waals surface area contributed by atoms with Crippen LogP contribution in [0.5, 0.6) is 0 Å². The highest BCUT2D eigenvalue weighted by Crippen LogP contribution is 2.27. The van der Waals surface area contributed by atoms with Gasteiger partial charge < -0.3 is 10.6 Å². The number of hydrogen-bond donors (Lipinski definition) is 2. The molecule has 5 nitrogen and oxygen atoms in total. The summed E-state index contributed by atoms with van der Waals surface area (Å²) < 4.78 is 0. The van der Waals surface area contributed by atoms with Gasteiger partial charge in [-0.05, 0) is 36.4 Å². The molecule has 104 valence electrons. The predicted molar refractivity (Wildman–Crippen MR) is 85.1 cm³/mol. The number of nitrogens with one attached hydrogen (secondary N) is 1. The van der Waals surface area contributed by atoms with E-state index in [4.69, 9.17) is 11.1 Å². The number of aromatic nitrogens is 2. The standard InChI is InChI=1S/C16H15N5/c1-21(12-8-6-11(7-9-12)15(17)18)16-13-4-2-3-5-14(13)19-10-20-16/h2-10H,1H3,(H3,17,18). The highest BCUT2D eigenvalue weighted by atomic mass is 15.2. The van der Waals surface area contributed by atoms with Crippen molar-refractivity contribution >= 4 is 28.2 Å². The van der Waals surface area contributed by atoms with Crippen LogP contribution in [0.1, 0.15) is 5.56 Å². The van der Waals surface area contributed by atoms with E-state index >= 15 is 0 Å². The fourth-order valence-corrected chi connectivity index (χ4v) is 2.24. The van der Waals surface area contributed by atoms with Crippen LogP contribution < -0.4 is 10.6 Å². The second-order valence-electron chi connectivity index (χ2n) is 4.73. The first-order chi connectivity index (χ1) is 10.2. The molecule has 1 heterocycles. The van der Waals surface area contributed by atoms with Crippen LogP contribution in [0.2, 0.25) is 0 Å². The molecule has 0 saturated carbocycles. The molecular weight excluding hydrogens is 262 g/mol. The summed E-state index contributed by atoms with van der Waals surface area (Å²) in [6.07, 6.45) is 1.57. The van der Waals surface area contributed by atoms with Crippen molar-refractivity contribution in [3.8, 4) is 0 Å². The van der Waals surface area contributed by atoms with Crippen LogP contribution in [0, 0.1) is 5.41 Å². The third kappa shape index (κ3) is 2.41. The largest absolute Gasteiger partial charge is 0.384 e. The molecule has 0 aliphatic heterocycles. The van der Waals surface area contributed by atoms with Gasteiger partial charge in [0, 0.05) is 23.7 Å². The zero-order valence-electron chi connectivity index (χ0n) is 11.6. The maximum absolute atomic E-state index is 7.43. The van der Waals surface area contributed by atoms with E-state index in [1.807, 2.05) is 60.5 Å². The molecule has 0 radical (unpaired) electrons. The maximum Gasteiger partial charge on any atom is 0.144 e. The summed E-state index contributed by atoms with van der Waals surface area (Å²) in [5.41, 5.74) is 8.07. The average Bonchev–Trinajstić information content (AvgIpc) is 2.53. The number of fused-ring (bicyclic) bond motifs is 1. The Morgan fingerprint density at radius 1 is 1.05 bits per heavy atom. The molecule has 3 N–H and O–H groups in total. The molecule has 0 aliphatic carbocycles. The van der Waals surface area contributed by atoms with Crippen LogP contribution in [-0.4, -0.2) is 22.9 Å². The van der Waals surface area contributed by atoms with Crippen molar-refractivity contribution in [3.05, 3.63) is 60.4 Å². The van der Waals surface area contributed by atoms with Crippen molar-refractivity contribution in [2.45, 2.75) is 0 Å². The van der Waals surface area contributed by atoms with Gasteiger partial charge in [0.05, 0.1) is 5.52 Å². The fraction of sp³-hybridized carbons (Fsp3) is 0.0625. The average molecular weight is 277 g/mol. The molecule has 0 fully saturated rings. The van der Waals surface area contributed by atoms with Gasteiger partial charge in [-0.2, -0.15) is 0 Å². The molecule has 0 unspecified atom stereocenters. The monoisotopic (exact) mass is 277 g/mol. The van der Waals surface area contributed by atoms with Crippen molar-refractivity contribution in [1.29, 1.82) is 5.41 Å². The minimum Gasteiger partial charge on any atom is -0.384 e. The fourth-order valence-electron chi connectivity index (χ4n) is 2.24. The van der Waals surface area contributed by atoms with E-state index in [2.05, 4.69) is 9.97 Å². The molecule has 0 spiro atoms. The molecule has 21 heavy (non-hydrogen) atoms. The first-order valence-electron chi connectivity index (χ1n) is 6.55. The second-order valence-corrected chi connectivity index (χ2v) is 4.73. The summed E-state index contributed by atoms with van der Waals surface area (Å²) in [5.74, 6) is 0.910. The first kappa shape index (κ1) is 13.1. The van der Waals surface area contributed by atoms with Crippen molar-refractivity contribution < 1.29 is 0 Å². The molecule has 0 saturated heterocycles. The van der Waals surface area contributed by atoms with Gasteiger partial charge in [-0.1, -0.05) is 12.1 Å². The first-order valence-corrected chi connectivity index (χ1v) is 6.55. The van der Waals surface area contributed by atoms with E-state index in [0.29, 0.717) is 5.56 Å². The number of benzene rings is 2. The van der Waals surface area contributed by atoms with Crippen molar-refractivity contribution in [1.82, 2.24) is 9.97 Å². The van der Waals surface area contributed by atoms with E-state index in [-0.39, 0.29) is 5.84 Å². The Labute approximate surface area is 122 Å². The number of amidine groups is 1. The lowest BCUT2D eigenvalue weighted by atomic mass is 10.1. The minimum atomic E-state index is 0.0664. The Hall–Kier alpha value is -2.95. The van der Waals surface area contributed by atoms with Crippen molar-refractivity contribution in [3.63, 3.8) is 0 Å². The summed E-state index contributed by atoms with van der Waals surface area (Å²) in [7, 11) is 1.96. The molecule has 2 aromatic carbocycles. The van der Waals surface area contributed by atoms with Gasteiger partial charge in [-0.15, -0.1) is 0 Å².